The van der Waals surface area contributed by atoms with Crippen LogP contribution in [0.4, 0.5) is 0 Å². The van der Waals surface area contributed by atoms with Crippen LogP contribution in [0.2, 0.25) is 10.0 Å². The third-order valence-corrected chi connectivity index (χ3v) is 5.29. The quantitative estimate of drug-likeness (QED) is 0.667. The van der Waals surface area contributed by atoms with Crippen molar-refractivity contribution in [3.05, 3.63) is 69.2 Å². The van der Waals surface area contributed by atoms with E-state index < -0.39 is 6.04 Å². The molecule has 2 aromatic carbocycles. The highest BCUT2D eigenvalue weighted by Crippen LogP contribution is 2.26. The molecule has 0 radical (unpaired) electrons. The van der Waals surface area contributed by atoms with E-state index in [1.54, 1.807) is 30.0 Å². The van der Waals surface area contributed by atoms with E-state index in [9.17, 15) is 9.59 Å². The van der Waals surface area contributed by atoms with Crippen molar-refractivity contribution in [3.63, 3.8) is 0 Å². The van der Waals surface area contributed by atoms with E-state index in [-0.39, 0.29) is 18.2 Å². The minimum Gasteiger partial charge on any atom is -0.354 e. The molecule has 4 nitrogen and oxygen atoms in total. The maximum Gasteiger partial charge on any atom is 0.242 e. The fourth-order valence-electron chi connectivity index (χ4n) is 2.82. The molecule has 6 heteroatoms. The van der Waals surface area contributed by atoms with E-state index in [0.717, 1.165) is 17.5 Å². The predicted molar refractivity (Wildman–Crippen MR) is 115 cm³/mol. The summed E-state index contributed by atoms with van der Waals surface area (Å²) in [7, 11) is 0. The molecule has 2 aromatic rings. The SMILES string of the molecule is CCCNC(=O)[C@H](C)N(Cc1ccc(C)cc1)C(=O)Cc1c(Cl)cccc1Cl. The lowest BCUT2D eigenvalue weighted by molar-refractivity contribution is -0.140. The maximum absolute atomic E-state index is 13.1. The number of rotatable bonds is 8. The van der Waals surface area contributed by atoms with E-state index in [1.165, 1.54) is 0 Å². The van der Waals surface area contributed by atoms with Gasteiger partial charge in [-0.1, -0.05) is 66.0 Å². The lowest BCUT2D eigenvalue weighted by Gasteiger charge is -2.29. The van der Waals surface area contributed by atoms with Crippen molar-refractivity contribution < 1.29 is 9.59 Å². The van der Waals surface area contributed by atoms with Crippen LogP contribution in [0, 0.1) is 6.92 Å². The highest BCUT2D eigenvalue weighted by atomic mass is 35.5. The molecule has 2 rings (SSSR count). The Hall–Kier alpha value is -2.04. The van der Waals surface area contributed by atoms with E-state index >= 15 is 0 Å². The summed E-state index contributed by atoms with van der Waals surface area (Å²) in [6.45, 7) is 6.64. The standard InChI is InChI=1S/C22H26Cl2N2O2/c1-4-12-25-22(28)16(3)26(14-17-10-8-15(2)9-11-17)21(27)13-18-19(23)6-5-7-20(18)24/h5-11,16H,4,12-14H2,1-3H3,(H,25,28)/t16-/m0/s1. The van der Waals surface area contributed by atoms with Crippen LogP contribution in [0.15, 0.2) is 42.5 Å². The van der Waals surface area contributed by atoms with Crippen molar-refractivity contribution >= 4 is 35.0 Å². The molecule has 0 saturated carbocycles. The molecule has 0 saturated heterocycles. The van der Waals surface area contributed by atoms with Crippen molar-refractivity contribution in [3.8, 4) is 0 Å². The molecule has 0 unspecified atom stereocenters. The first kappa shape index (κ1) is 22.3. The van der Waals surface area contributed by atoms with Gasteiger partial charge in [-0.05, 0) is 43.5 Å². The number of carbonyl (C=O) groups excluding carboxylic acids is 2. The minimum absolute atomic E-state index is 0.0375. The van der Waals surface area contributed by atoms with Gasteiger partial charge in [0.25, 0.3) is 0 Å². The second-order valence-electron chi connectivity index (χ2n) is 6.85. The van der Waals surface area contributed by atoms with E-state index in [2.05, 4.69) is 5.32 Å². The zero-order valence-electron chi connectivity index (χ0n) is 16.5. The summed E-state index contributed by atoms with van der Waals surface area (Å²) in [5.41, 5.74) is 2.67. The molecule has 1 N–H and O–H groups in total. The number of amides is 2. The predicted octanol–water partition coefficient (Wildman–Crippen LogP) is 4.79. The van der Waals surface area contributed by atoms with Gasteiger partial charge >= 0.3 is 0 Å². The number of hydrogen-bond acceptors (Lipinski definition) is 2. The van der Waals surface area contributed by atoms with Gasteiger partial charge in [0.2, 0.25) is 11.8 Å². The minimum atomic E-state index is -0.610. The van der Waals surface area contributed by atoms with Crippen molar-refractivity contribution in [2.45, 2.75) is 46.2 Å². The summed E-state index contributed by atoms with van der Waals surface area (Å²) >= 11 is 12.5. The first-order chi connectivity index (χ1) is 13.3. The van der Waals surface area contributed by atoms with Crippen LogP contribution in [-0.2, 0) is 22.6 Å². The second-order valence-corrected chi connectivity index (χ2v) is 7.67. The van der Waals surface area contributed by atoms with Crippen LogP contribution in [0.5, 0.6) is 0 Å². The topological polar surface area (TPSA) is 49.4 Å². The van der Waals surface area contributed by atoms with Gasteiger partial charge in [0.05, 0.1) is 6.42 Å². The molecule has 0 bridgehead atoms. The van der Waals surface area contributed by atoms with Crippen LogP contribution in [0.3, 0.4) is 0 Å². The van der Waals surface area contributed by atoms with Gasteiger partial charge < -0.3 is 10.2 Å². The second kappa shape index (κ2) is 10.5. The Kier molecular flexibility index (Phi) is 8.34. The number of carbonyl (C=O) groups is 2. The molecule has 1 atom stereocenters. The molecule has 0 aliphatic heterocycles. The van der Waals surface area contributed by atoms with Crippen LogP contribution >= 0.6 is 23.2 Å². The van der Waals surface area contributed by atoms with E-state index in [1.807, 2.05) is 38.1 Å². The highest BCUT2D eigenvalue weighted by molar-refractivity contribution is 6.36. The number of nitrogens with one attached hydrogen (secondary N) is 1. The highest BCUT2D eigenvalue weighted by Gasteiger charge is 2.27. The average molecular weight is 421 g/mol. The van der Waals surface area contributed by atoms with Crippen LogP contribution < -0.4 is 5.32 Å². The molecule has 0 heterocycles. The maximum atomic E-state index is 13.1. The third-order valence-electron chi connectivity index (χ3n) is 4.58. The smallest absolute Gasteiger partial charge is 0.242 e. The van der Waals surface area contributed by atoms with Gasteiger partial charge in [-0.2, -0.15) is 0 Å². The summed E-state index contributed by atoms with van der Waals surface area (Å²) in [6.07, 6.45) is 0.870. The van der Waals surface area contributed by atoms with Crippen molar-refractivity contribution in [1.29, 1.82) is 0 Å². The van der Waals surface area contributed by atoms with Crippen LogP contribution in [-0.4, -0.2) is 29.3 Å². The zero-order valence-corrected chi connectivity index (χ0v) is 18.0. The van der Waals surface area contributed by atoms with Gasteiger partial charge in [-0.25, -0.2) is 0 Å². The zero-order chi connectivity index (χ0) is 20.7. The largest absolute Gasteiger partial charge is 0.354 e. The van der Waals surface area contributed by atoms with Crippen molar-refractivity contribution in [2.24, 2.45) is 0 Å². The van der Waals surface area contributed by atoms with Crippen molar-refractivity contribution in [1.82, 2.24) is 10.2 Å². The monoisotopic (exact) mass is 420 g/mol. The molecular weight excluding hydrogens is 395 g/mol. The van der Waals surface area contributed by atoms with Crippen LogP contribution in [0.25, 0.3) is 0 Å². The molecular formula is C22H26Cl2N2O2. The first-order valence-electron chi connectivity index (χ1n) is 9.39. The van der Waals surface area contributed by atoms with Crippen LogP contribution in [0.1, 0.15) is 37.0 Å². The fraction of sp³-hybridized carbons (Fsp3) is 0.364. The number of hydrogen-bond donors (Lipinski definition) is 1. The lowest BCUT2D eigenvalue weighted by atomic mass is 10.1. The Balaban J connectivity index is 2.26. The van der Waals surface area contributed by atoms with E-state index in [0.29, 0.717) is 28.7 Å². The van der Waals surface area contributed by atoms with Gasteiger partial charge in [-0.3, -0.25) is 9.59 Å². The normalized spacial score (nSPS) is 11.8. The molecule has 0 fully saturated rings. The Labute approximate surface area is 176 Å². The van der Waals surface area contributed by atoms with Gasteiger partial charge in [-0.15, -0.1) is 0 Å². The summed E-state index contributed by atoms with van der Waals surface area (Å²) in [5, 5.41) is 3.75. The Morgan fingerprint density at radius 1 is 1.07 bits per heavy atom. The van der Waals surface area contributed by atoms with Gasteiger partial charge in [0.1, 0.15) is 6.04 Å². The van der Waals surface area contributed by atoms with Gasteiger partial charge in [0, 0.05) is 23.1 Å². The summed E-state index contributed by atoms with van der Waals surface area (Å²) in [5.74, 6) is -0.373. The number of halogens is 2. The molecule has 0 spiro atoms. The number of aryl methyl sites for hydroxylation is 1. The van der Waals surface area contributed by atoms with E-state index in [4.69, 9.17) is 23.2 Å². The molecule has 150 valence electrons. The number of nitrogens with zero attached hydrogens (tertiary/aromatic N) is 1. The molecule has 0 aliphatic rings. The molecule has 0 aliphatic carbocycles. The fourth-order valence-corrected chi connectivity index (χ4v) is 3.35. The Morgan fingerprint density at radius 3 is 2.25 bits per heavy atom. The Bertz CT molecular complexity index is 802. The summed E-state index contributed by atoms with van der Waals surface area (Å²) in [6, 6.07) is 12.5. The van der Waals surface area contributed by atoms with Gasteiger partial charge in [0.15, 0.2) is 0 Å². The molecule has 0 aromatic heterocycles. The average Bonchev–Trinajstić information content (AvgIpc) is 2.67. The molecule has 28 heavy (non-hydrogen) atoms. The number of benzene rings is 2. The lowest BCUT2D eigenvalue weighted by Crippen LogP contribution is -2.48. The summed E-state index contributed by atoms with van der Waals surface area (Å²) < 4.78 is 0. The molecule has 2 amide bonds. The summed E-state index contributed by atoms with van der Waals surface area (Å²) in [4.78, 5) is 27.2. The third kappa shape index (κ3) is 5.98. The first-order valence-corrected chi connectivity index (χ1v) is 10.1. The Morgan fingerprint density at radius 2 is 1.68 bits per heavy atom. The van der Waals surface area contributed by atoms with Crippen molar-refractivity contribution in [2.75, 3.05) is 6.54 Å².